The van der Waals surface area contributed by atoms with Gasteiger partial charge in [0.25, 0.3) is 0 Å². The van der Waals surface area contributed by atoms with E-state index >= 15 is 0 Å². The quantitative estimate of drug-likeness (QED) is 0.648. The molecule has 0 bridgehead atoms. The maximum Gasteiger partial charge on any atom is 0.347 e. The molecule has 2 N–H and O–H groups in total. The van der Waals surface area contributed by atoms with E-state index in [0.29, 0.717) is 17.4 Å². The maximum atomic E-state index is 12.2. The van der Waals surface area contributed by atoms with Crippen molar-refractivity contribution in [3.8, 4) is 5.69 Å². The van der Waals surface area contributed by atoms with Crippen molar-refractivity contribution in [2.75, 3.05) is 18.9 Å². The molecule has 0 aliphatic rings. The normalized spacial score (nSPS) is 10.9. The monoisotopic (exact) mass is 385 g/mol. The highest BCUT2D eigenvalue weighted by Crippen LogP contribution is 2.22. The highest BCUT2D eigenvalue weighted by atomic mass is 32.1. The lowest BCUT2D eigenvalue weighted by Crippen LogP contribution is -2.29. The first kappa shape index (κ1) is 18.7. The molecule has 3 rings (SSSR count). The summed E-state index contributed by atoms with van der Waals surface area (Å²) >= 11 is 0.957. The van der Waals surface area contributed by atoms with E-state index in [0.717, 1.165) is 22.6 Å². The van der Waals surface area contributed by atoms with E-state index < -0.39 is 5.97 Å². The second kappa shape index (κ2) is 8.11. The van der Waals surface area contributed by atoms with Gasteiger partial charge in [0.2, 0.25) is 5.91 Å². The molecule has 27 heavy (non-hydrogen) atoms. The number of carboxylic acids is 1. The Balaban J connectivity index is 1.58. The average molecular weight is 385 g/mol. The Hall–Kier alpha value is -3.04. The van der Waals surface area contributed by atoms with E-state index in [2.05, 4.69) is 15.4 Å². The molecule has 0 atom stereocenters. The summed E-state index contributed by atoms with van der Waals surface area (Å²) in [5.74, 6) is -1.29. The van der Waals surface area contributed by atoms with E-state index in [1.54, 1.807) is 17.8 Å². The van der Waals surface area contributed by atoms with Crippen molar-refractivity contribution in [2.45, 2.75) is 13.5 Å². The lowest BCUT2D eigenvalue weighted by atomic mass is 10.2. The van der Waals surface area contributed by atoms with Crippen LogP contribution in [0, 0.1) is 6.92 Å². The number of benzene rings is 1. The van der Waals surface area contributed by atoms with Gasteiger partial charge in [0.1, 0.15) is 4.88 Å². The molecule has 3 aromatic rings. The topological polar surface area (TPSA) is 100 Å². The lowest BCUT2D eigenvalue weighted by molar-refractivity contribution is -0.117. The van der Waals surface area contributed by atoms with Gasteiger partial charge in [0.15, 0.2) is 5.13 Å². The first-order chi connectivity index (χ1) is 12.9. The fraction of sp³-hybridized carbons (Fsp3) is 0.222. The van der Waals surface area contributed by atoms with Gasteiger partial charge >= 0.3 is 5.97 Å². The minimum absolute atomic E-state index is 0.133. The van der Waals surface area contributed by atoms with Gasteiger partial charge in [-0.25, -0.2) is 14.5 Å². The summed E-state index contributed by atoms with van der Waals surface area (Å²) in [6.07, 6.45) is 3.59. The predicted octanol–water partition coefficient (Wildman–Crippen LogP) is 2.41. The lowest BCUT2D eigenvalue weighted by Gasteiger charge is -2.16. The van der Waals surface area contributed by atoms with Crippen molar-refractivity contribution in [3.63, 3.8) is 0 Å². The largest absolute Gasteiger partial charge is 0.477 e. The van der Waals surface area contributed by atoms with E-state index in [1.807, 2.05) is 48.5 Å². The van der Waals surface area contributed by atoms with E-state index in [4.69, 9.17) is 5.11 Å². The highest BCUT2D eigenvalue weighted by molar-refractivity contribution is 7.17. The Kier molecular flexibility index (Phi) is 5.63. The van der Waals surface area contributed by atoms with E-state index in [1.165, 1.54) is 0 Å². The average Bonchev–Trinajstić information content (AvgIpc) is 3.24. The molecule has 0 aliphatic heterocycles. The fourth-order valence-electron chi connectivity index (χ4n) is 2.64. The third kappa shape index (κ3) is 4.78. The van der Waals surface area contributed by atoms with Crippen LogP contribution in [-0.4, -0.2) is 50.2 Å². The molecule has 140 valence electrons. The van der Waals surface area contributed by atoms with Crippen LogP contribution in [-0.2, 0) is 11.3 Å². The Morgan fingerprint density at radius 2 is 2.15 bits per heavy atom. The van der Waals surface area contributed by atoms with Crippen molar-refractivity contribution in [1.29, 1.82) is 0 Å². The van der Waals surface area contributed by atoms with Crippen LogP contribution in [0.3, 0.4) is 0 Å². The maximum absolute atomic E-state index is 12.2. The van der Waals surface area contributed by atoms with Crippen LogP contribution in [0.2, 0.25) is 0 Å². The number of hydrogen-bond acceptors (Lipinski definition) is 6. The summed E-state index contributed by atoms with van der Waals surface area (Å²) < 4.78 is 1.78. The molecule has 0 fully saturated rings. The number of rotatable bonds is 7. The molecule has 2 heterocycles. The van der Waals surface area contributed by atoms with Crippen molar-refractivity contribution >= 4 is 28.3 Å². The zero-order chi connectivity index (χ0) is 19.4. The van der Waals surface area contributed by atoms with Crippen molar-refractivity contribution in [3.05, 3.63) is 58.9 Å². The van der Waals surface area contributed by atoms with E-state index in [-0.39, 0.29) is 17.3 Å². The number of aryl methyl sites for hydroxylation is 1. The minimum atomic E-state index is -1.04. The third-order valence-electron chi connectivity index (χ3n) is 3.78. The van der Waals surface area contributed by atoms with Gasteiger partial charge in [-0.1, -0.05) is 23.5 Å². The Morgan fingerprint density at radius 3 is 2.81 bits per heavy atom. The number of thiazole rings is 1. The molecule has 2 aromatic heterocycles. The Morgan fingerprint density at radius 1 is 1.33 bits per heavy atom. The molecule has 0 spiro atoms. The number of anilines is 1. The van der Waals surface area contributed by atoms with Gasteiger partial charge in [-0.05, 0) is 37.7 Å². The van der Waals surface area contributed by atoms with Crippen LogP contribution in [0.1, 0.15) is 20.9 Å². The molecular formula is C18H19N5O3S. The molecule has 1 aromatic carbocycles. The number of hydrogen-bond donors (Lipinski definition) is 2. The standard InChI is InChI=1S/C18H19N5O3S/c1-12-16(17(25)26)27-18(20-12)21-15(24)11-22(2)10-13-5-3-6-14(9-13)23-8-4-7-19-23/h3-9H,10-11H2,1-2H3,(H,25,26)(H,20,21,24). The van der Waals surface area contributed by atoms with Gasteiger partial charge in [-0.2, -0.15) is 5.10 Å². The number of nitrogens with zero attached hydrogens (tertiary/aromatic N) is 4. The smallest absolute Gasteiger partial charge is 0.347 e. The summed E-state index contributed by atoms with van der Waals surface area (Å²) in [5, 5.41) is 16.2. The molecule has 8 nitrogen and oxygen atoms in total. The SMILES string of the molecule is Cc1nc(NC(=O)CN(C)Cc2cccc(-n3cccn3)c2)sc1C(=O)O. The van der Waals surface area contributed by atoms with Crippen LogP contribution in [0.4, 0.5) is 5.13 Å². The van der Waals surface area contributed by atoms with Crippen LogP contribution < -0.4 is 5.32 Å². The van der Waals surface area contributed by atoms with E-state index in [9.17, 15) is 9.59 Å². The van der Waals surface area contributed by atoms with Gasteiger partial charge in [0.05, 0.1) is 17.9 Å². The first-order valence-electron chi connectivity index (χ1n) is 8.20. The zero-order valence-electron chi connectivity index (χ0n) is 14.9. The molecular weight excluding hydrogens is 366 g/mol. The number of aromatic carboxylic acids is 1. The predicted molar refractivity (Wildman–Crippen MR) is 102 cm³/mol. The third-order valence-corrected chi connectivity index (χ3v) is 4.84. The van der Waals surface area contributed by atoms with Gasteiger partial charge in [0, 0.05) is 18.9 Å². The number of carbonyl (C=O) groups is 2. The second-order valence-electron chi connectivity index (χ2n) is 6.08. The first-order valence-corrected chi connectivity index (χ1v) is 9.02. The molecule has 0 aliphatic carbocycles. The zero-order valence-corrected chi connectivity index (χ0v) is 15.7. The summed E-state index contributed by atoms with van der Waals surface area (Å²) in [6, 6.07) is 9.79. The number of aromatic nitrogens is 3. The molecule has 0 saturated carbocycles. The highest BCUT2D eigenvalue weighted by Gasteiger charge is 2.16. The van der Waals surface area contributed by atoms with Crippen LogP contribution in [0.25, 0.3) is 5.69 Å². The molecule has 0 saturated heterocycles. The number of likely N-dealkylation sites (N-methyl/N-ethyl adjacent to an activating group) is 1. The van der Waals surface area contributed by atoms with Crippen LogP contribution in [0.5, 0.6) is 0 Å². The number of nitrogens with one attached hydrogen (secondary N) is 1. The van der Waals surface area contributed by atoms with Gasteiger partial charge < -0.3 is 10.4 Å². The Bertz CT molecular complexity index is 952. The number of amides is 1. The van der Waals surface area contributed by atoms with Crippen molar-refractivity contribution < 1.29 is 14.7 Å². The number of carboxylic acid groups (broad SMARTS) is 1. The summed E-state index contributed by atoms with van der Waals surface area (Å²) in [4.78, 5) is 29.4. The molecule has 1 amide bonds. The van der Waals surface area contributed by atoms with Crippen molar-refractivity contribution in [2.24, 2.45) is 0 Å². The summed E-state index contributed by atoms with van der Waals surface area (Å²) in [7, 11) is 1.84. The second-order valence-corrected chi connectivity index (χ2v) is 7.08. The fourth-order valence-corrected chi connectivity index (χ4v) is 3.46. The van der Waals surface area contributed by atoms with Crippen molar-refractivity contribution in [1.82, 2.24) is 19.7 Å². The molecule has 9 heteroatoms. The minimum Gasteiger partial charge on any atom is -0.477 e. The Labute approximate surface area is 160 Å². The number of carbonyl (C=O) groups excluding carboxylic acids is 1. The molecule has 0 unspecified atom stereocenters. The van der Waals surface area contributed by atoms with Gasteiger partial charge in [-0.3, -0.25) is 9.69 Å². The molecule has 0 radical (unpaired) electrons. The van der Waals surface area contributed by atoms with Gasteiger partial charge in [-0.15, -0.1) is 0 Å². The summed E-state index contributed by atoms with van der Waals surface area (Å²) in [6.45, 7) is 2.35. The van der Waals surface area contributed by atoms with Crippen LogP contribution >= 0.6 is 11.3 Å². The summed E-state index contributed by atoms with van der Waals surface area (Å²) in [5.41, 5.74) is 2.40. The van der Waals surface area contributed by atoms with Crippen LogP contribution in [0.15, 0.2) is 42.7 Å².